The molecule has 0 bridgehead atoms. The zero-order chi connectivity index (χ0) is 18.7. The molecule has 0 saturated heterocycles. The van der Waals surface area contributed by atoms with Crippen molar-refractivity contribution in [2.45, 2.75) is 13.8 Å². The molecule has 26 heavy (non-hydrogen) atoms. The maximum atomic E-state index is 11.9. The van der Waals surface area contributed by atoms with Gasteiger partial charge in [-0.1, -0.05) is 18.2 Å². The van der Waals surface area contributed by atoms with Crippen molar-refractivity contribution in [3.8, 4) is 11.5 Å². The smallest absolute Gasteiger partial charge is 0.336 e. The van der Waals surface area contributed by atoms with Gasteiger partial charge in [0.05, 0.1) is 0 Å². The number of anilines is 1. The van der Waals surface area contributed by atoms with Crippen molar-refractivity contribution in [1.82, 2.24) is 0 Å². The van der Waals surface area contributed by atoms with Gasteiger partial charge in [-0.25, -0.2) is 4.79 Å². The SMILES string of the molecule is CCN(CC)c1ccc2c(/C=C/c3ccc(O)c(O)c3)cc(=O)oc2c1. The predicted molar refractivity (Wildman–Crippen MR) is 105 cm³/mol. The molecule has 2 aromatic carbocycles. The summed E-state index contributed by atoms with van der Waals surface area (Å²) in [5, 5.41) is 19.8. The number of phenols is 2. The average Bonchev–Trinajstić information content (AvgIpc) is 2.63. The number of rotatable bonds is 5. The monoisotopic (exact) mass is 351 g/mol. The standard InChI is InChI=1S/C21H21NO4/c1-3-22(4-2)16-8-9-17-15(12-21(25)26-20(17)13-16)7-5-14-6-10-18(23)19(24)11-14/h5-13,23-24H,3-4H2,1-2H3/b7-5+. The molecule has 0 aliphatic heterocycles. The molecule has 5 nitrogen and oxygen atoms in total. The highest BCUT2D eigenvalue weighted by Crippen LogP contribution is 2.27. The first kappa shape index (κ1) is 17.6. The first-order valence-electron chi connectivity index (χ1n) is 8.54. The van der Waals surface area contributed by atoms with Crippen LogP contribution in [-0.2, 0) is 0 Å². The molecule has 0 aliphatic carbocycles. The Bertz CT molecular complexity index is 1020. The lowest BCUT2D eigenvalue weighted by Crippen LogP contribution is -2.21. The second kappa shape index (κ2) is 7.35. The molecule has 0 aliphatic rings. The number of aromatic hydroxyl groups is 2. The molecular weight excluding hydrogens is 330 g/mol. The first-order valence-corrected chi connectivity index (χ1v) is 8.54. The van der Waals surface area contributed by atoms with Crippen LogP contribution in [0.4, 0.5) is 5.69 Å². The largest absolute Gasteiger partial charge is 0.504 e. The lowest BCUT2D eigenvalue weighted by Gasteiger charge is -2.21. The van der Waals surface area contributed by atoms with Gasteiger partial charge in [0.25, 0.3) is 0 Å². The van der Waals surface area contributed by atoms with Crippen molar-refractivity contribution in [3.63, 3.8) is 0 Å². The molecule has 0 saturated carbocycles. The van der Waals surface area contributed by atoms with Crippen LogP contribution in [0.25, 0.3) is 23.1 Å². The average molecular weight is 351 g/mol. The highest BCUT2D eigenvalue weighted by molar-refractivity contribution is 5.91. The third-order valence-corrected chi connectivity index (χ3v) is 4.34. The molecule has 0 amide bonds. The van der Waals surface area contributed by atoms with E-state index >= 15 is 0 Å². The Balaban J connectivity index is 2.04. The fraction of sp³-hybridized carbons (Fsp3) is 0.190. The van der Waals surface area contributed by atoms with E-state index in [-0.39, 0.29) is 11.5 Å². The minimum atomic E-state index is -0.414. The fourth-order valence-electron chi connectivity index (χ4n) is 2.93. The zero-order valence-electron chi connectivity index (χ0n) is 14.8. The van der Waals surface area contributed by atoms with E-state index in [1.807, 2.05) is 18.2 Å². The number of benzene rings is 2. The molecule has 0 fully saturated rings. The summed E-state index contributed by atoms with van der Waals surface area (Å²) in [6, 6.07) is 11.8. The molecule has 3 rings (SSSR count). The lowest BCUT2D eigenvalue weighted by atomic mass is 10.1. The minimum absolute atomic E-state index is 0.170. The number of hydrogen-bond donors (Lipinski definition) is 2. The number of hydrogen-bond acceptors (Lipinski definition) is 5. The van der Waals surface area contributed by atoms with Gasteiger partial charge in [-0.15, -0.1) is 0 Å². The van der Waals surface area contributed by atoms with Gasteiger partial charge < -0.3 is 19.5 Å². The summed E-state index contributed by atoms with van der Waals surface area (Å²) >= 11 is 0. The van der Waals surface area contributed by atoms with Crippen LogP contribution in [-0.4, -0.2) is 23.3 Å². The molecule has 3 aromatic rings. The van der Waals surface area contributed by atoms with Gasteiger partial charge >= 0.3 is 5.63 Å². The van der Waals surface area contributed by atoms with Gasteiger partial charge in [0, 0.05) is 36.3 Å². The van der Waals surface area contributed by atoms with Gasteiger partial charge in [0.1, 0.15) is 5.58 Å². The van der Waals surface area contributed by atoms with E-state index in [9.17, 15) is 15.0 Å². The fourth-order valence-corrected chi connectivity index (χ4v) is 2.93. The van der Waals surface area contributed by atoms with Crippen LogP contribution in [0, 0.1) is 0 Å². The Kier molecular flexibility index (Phi) is 4.98. The maximum Gasteiger partial charge on any atom is 0.336 e. The molecular formula is C21H21NO4. The zero-order valence-corrected chi connectivity index (χ0v) is 14.8. The molecule has 0 unspecified atom stereocenters. The van der Waals surface area contributed by atoms with Crippen LogP contribution in [0.1, 0.15) is 25.0 Å². The Morgan fingerprint density at radius 3 is 2.42 bits per heavy atom. The van der Waals surface area contributed by atoms with E-state index in [2.05, 4.69) is 18.7 Å². The van der Waals surface area contributed by atoms with Crippen LogP contribution in [0.2, 0.25) is 0 Å². The van der Waals surface area contributed by atoms with E-state index in [0.29, 0.717) is 11.1 Å². The van der Waals surface area contributed by atoms with Gasteiger partial charge in [0.15, 0.2) is 11.5 Å². The Morgan fingerprint density at radius 2 is 1.73 bits per heavy atom. The molecule has 1 heterocycles. The Morgan fingerprint density at radius 1 is 0.962 bits per heavy atom. The number of nitrogens with zero attached hydrogens (tertiary/aromatic N) is 1. The topological polar surface area (TPSA) is 73.9 Å². The van der Waals surface area contributed by atoms with E-state index in [1.54, 1.807) is 18.2 Å². The van der Waals surface area contributed by atoms with E-state index in [0.717, 1.165) is 29.7 Å². The van der Waals surface area contributed by atoms with Crippen LogP contribution in [0.15, 0.2) is 51.7 Å². The second-order valence-corrected chi connectivity index (χ2v) is 5.96. The molecule has 0 spiro atoms. The summed E-state index contributed by atoms with van der Waals surface area (Å²) in [7, 11) is 0. The molecule has 5 heteroatoms. The van der Waals surface area contributed by atoms with Crippen LogP contribution >= 0.6 is 0 Å². The third kappa shape index (κ3) is 3.57. The van der Waals surface area contributed by atoms with E-state index in [4.69, 9.17) is 4.42 Å². The van der Waals surface area contributed by atoms with Crippen molar-refractivity contribution in [2.24, 2.45) is 0 Å². The maximum absolute atomic E-state index is 11.9. The van der Waals surface area contributed by atoms with Gasteiger partial charge in [-0.3, -0.25) is 0 Å². The van der Waals surface area contributed by atoms with Crippen molar-refractivity contribution < 1.29 is 14.6 Å². The van der Waals surface area contributed by atoms with Crippen molar-refractivity contribution in [2.75, 3.05) is 18.0 Å². The Labute approximate surface area is 151 Å². The van der Waals surface area contributed by atoms with Crippen molar-refractivity contribution in [3.05, 3.63) is 64.0 Å². The van der Waals surface area contributed by atoms with E-state index < -0.39 is 5.63 Å². The summed E-state index contributed by atoms with van der Waals surface area (Å²) in [5.41, 5.74) is 2.57. The summed E-state index contributed by atoms with van der Waals surface area (Å²) in [6.07, 6.45) is 3.56. The Hall–Kier alpha value is -3.21. The molecule has 1 aromatic heterocycles. The lowest BCUT2D eigenvalue weighted by molar-refractivity contribution is 0.403. The minimum Gasteiger partial charge on any atom is -0.504 e. The van der Waals surface area contributed by atoms with Gasteiger partial charge in [0.2, 0.25) is 0 Å². The molecule has 0 radical (unpaired) electrons. The van der Waals surface area contributed by atoms with Crippen LogP contribution < -0.4 is 10.5 Å². The summed E-state index contributed by atoms with van der Waals surface area (Å²) < 4.78 is 5.38. The van der Waals surface area contributed by atoms with E-state index in [1.165, 1.54) is 18.2 Å². The number of phenolic OH excluding ortho intramolecular Hbond substituents is 2. The molecule has 2 N–H and O–H groups in total. The summed E-state index contributed by atoms with van der Waals surface area (Å²) in [4.78, 5) is 14.1. The van der Waals surface area contributed by atoms with Gasteiger partial charge in [-0.05, 0) is 49.2 Å². The quantitative estimate of drug-likeness (QED) is 0.532. The van der Waals surface area contributed by atoms with Crippen LogP contribution in [0.5, 0.6) is 11.5 Å². The molecule has 0 atom stereocenters. The third-order valence-electron chi connectivity index (χ3n) is 4.34. The highest BCUT2D eigenvalue weighted by atomic mass is 16.4. The first-order chi connectivity index (χ1) is 12.5. The predicted octanol–water partition coefficient (Wildman–Crippen LogP) is 4.22. The molecule has 134 valence electrons. The van der Waals surface area contributed by atoms with Gasteiger partial charge in [-0.2, -0.15) is 0 Å². The summed E-state index contributed by atoms with van der Waals surface area (Å²) in [5.74, 6) is -0.356. The van der Waals surface area contributed by atoms with Crippen molar-refractivity contribution in [1.29, 1.82) is 0 Å². The summed E-state index contributed by atoms with van der Waals surface area (Å²) in [6.45, 7) is 5.90. The second-order valence-electron chi connectivity index (χ2n) is 5.96. The highest BCUT2D eigenvalue weighted by Gasteiger charge is 2.08. The van der Waals surface area contributed by atoms with Crippen LogP contribution in [0.3, 0.4) is 0 Å². The normalized spacial score (nSPS) is 11.3. The van der Waals surface area contributed by atoms with Crippen molar-refractivity contribution >= 4 is 28.8 Å². The number of fused-ring (bicyclic) bond motifs is 1.